The molecule has 24 heavy (non-hydrogen) atoms. The monoisotopic (exact) mass is 324 g/mol. The van der Waals surface area contributed by atoms with Gasteiger partial charge in [-0.25, -0.2) is 4.98 Å². The lowest BCUT2D eigenvalue weighted by Gasteiger charge is -2.34. The largest absolute Gasteiger partial charge is 0.361 e. The summed E-state index contributed by atoms with van der Waals surface area (Å²) < 4.78 is 5.18. The zero-order chi connectivity index (χ0) is 16.7. The lowest BCUT2D eigenvalue weighted by molar-refractivity contribution is 0.0599. The number of aromatic nitrogens is 3. The number of aryl methyl sites for hydroxylation is 2. The van der Waals surface area contributed by atoms with Gasteiger partial charge in [0.1, 0.15) is 17.1 Å². The molecule has 4 rings (SSSR count). The molecule has 6 nitrogen and oxygen atoms in total. The Morgan fingerprint density at radius 2 is 2.12 bits per heavy atom. The lowest BCUT2D eigenvalue weighted by atomic mass is 10.00. The molecule has 1 atom stereocenters. The van der Waals surface area contributed by atoms with Crippen LogP contribution in [0.15, 0.2) is 28.8 Å². The number of benzene rings is 1. The first-order valence-electron chi connectivity index (χ1n) is 8.33. The second kappa shape index (κ2) is 5.78. The maximum atomic E-state index is 13.1. The van der Waals surface area contributed by atoms with Crippen molar-refractivity contribution in [2.24, 2.45) is 0 Å². The molecule has 1 N–H and O–H groups in total. The molecular formula is C18H20N4O2. The third kappa shape index (κ3) is 2.38. The number of likely N-dealkylation sites (tertiary alicyclic amines) is 1. The fraction of sp³-hybridized carbons (Fsp3) is 0.389. The highest BCUT2D eigenvalue weighted by Crippen LogP contribution is 2.32. The molecule has 1 amide bonds. The second-order valence-electron chi connectivity index (χ2n) is 6.35. The van der Waals surface area contributed by atoms with Crippen molar-refractivity contribution in [2.45, 2.75) is 39.2 Å². The van der Waals surface area contributed by atoms with E-state index < -0.39 is 0 Å². The quantitative estimate of drug-likeness (QED) is 0.782. The molecule has 1 aromatic carbocycles. The van der Waals surface area contributed by atoms with Gasteiger partial charge in [0, 0.05) is 6.54 Å². The van der Waals surface area contributed by atoms with Crippen LogP contribution in [0.5, 0.6) is 0 Å². The highest BCUT2D eigenvalue weighted by molar-refractivity contribution is 5.96. The van der Waals surface area contributed by atoms with E-state index in [0.717, 1.165) is 42.7 Å². The highest BCUT2D eigenvalue weighted by Gasteiger charge is 2.33. The van der Waals surface area contributed by atoms with Crippen LogP contribution in [0.3, 0.4) is 0 Å². The van der Waals surface area contributed by atoms with Crippen LogP contribution < -0.4 is 0 Å². The van der Waals surface area contributed by atoms with Gasteiger partial charge in [-0.05, 0) is 45.2 Å². The average Bonchev–Trinajstić information content (AvgIpc) is 3.17. The van der Waals surface area contributed by atoms with Gasteiger partial charge in [0.25, 0.3) is 5.91 Å². The number of hydrogen-bond donors (Lipinski definition) is 1. The van der Waals surface area contributed by atoms with Gasteiger partial charge in [-0.2, -0.15) is 0 Å². The number of carbonyl (C=O) groups is 1. The third-order valence-electron chi connectivity index (χ3n) is 4.73. The molecule has 0 radical (unpaired) electrons. The minimum Gasteiger partial charge on any atom is -0.361 e. The third-order valence-corrected chi connectivity index (χ3v) is 4.73. The van der Waals surface area contributed by atoms with E-state index in [9.17, 15) is 4.79 Å². The van der Waals surface area contributed by atoms with Crippen LogP contribution >= 0.6 is 0 Å². The zero-order valence-electron chi connectivity index (χ0n) is 13.9. The number of aromatic amines is 1. The van der Waals surface area contributed by atoms with Gasteiger partial charge in [-0.1, -0.05) is 17.3 Å². The minimum absolute atomic E-state index is 0.0172. The van der Waals surface area contributed by atoms with Crippen molar-refractivity contribution in [1.29, 1.82) is 0 Å². The van der Waals surface area contributed by atoms with E-state index in [1.807, 2.05) is 36.1 Å². The van der Waals surface area contributed by atoms with Crippen molar-refractivity contribution in [3.05, 3.63) is 47.1 Å². The number of hydrogen-bond acceptors (Lipinski definition) is 4. The predicted octanol–water partition coefficient (Wildman–Crippen LogP) is 3.54. The van der Waals surface area contributed by atoms with Gasteiger partial charge >= 0.3 is 0 Å². The molecule has 6 heteroatoms. The SMILES string of the molecule is Cc1noc(C)c1C(=O)N1CCCCC1c1nc2ccccc2[nH]1. The molecule has 0 saturated carbocycles. The summed E-state index contributed by atoms with van der Waals surface area (Å²) in [5, 5.41) is 3.92. The van der Waals surface area contributed by atoms with Crippen LogP contribution in [0, 0.1) is 13.8 Å². The first kappa shape index (κ1) is 14.9. The Kier molecular flexibility index (Phi) is 3.59. The molecule has 0 spiro atoms. The molecule has 3 aromatic rings. The standard InChI is InChI=1S/C18H20N4O2/c1-11-16(12(2)24-21-11)18(23)22-10-6-5-9-15(22)17-19-13-7-3-4-8-14(13)20-17/h3-4,7-8,15H,5-6,9-10H2,1-2H3,(H,19,20). The van der Waals surface area contributed by atoms with Crippen LogP contribution in [0.25, 0.3) is 11.0 Å². The molecule has 1 fully saturated rings. The van der Waals surface area contributed by atoms with Gasteiger partial charge in [-0.15, -0.1) is 0 Å². The van der Waals surface area contributed by atoms with E-state index in [2.05, 4.69) is 10.1 Å². The van der Waals surface area contributed by atoms with Gasteiger partial charge in [0.05, 0.1) is 22.8 Å². The van der Waals surface area contributed by atoms with Crippen LogP contribution in [0.1, 0.15) is 52.9 Å². The smallest absolute Gasteiger partial charge is 0.259 e. The van der Waals surface area contributed by atoms with Crippen molar-refractivity contribution in [1.82, 2.24) is 20.0 Å². The first-order chi connectivity index (χ1) is 11.6. The van der Waals surface area contributed by atoms with Gasteiger partial charge in [-0.3, -0.25) is 4.79 Å². The fourth-order valence-electron chi connectivity index (χ4n) is 3.52. The fourth-order valence-corrected chi connectivity index (χ4v) is 3.52. The molecule has 1 aliphatic heterocycles. The summed E-state index contributed by atoms with van der Waals surface area (Å²) in [7, 11) is 0. The van der Waals surface area contributed by atoms with Gasteiger partial charge in [0.15, 0.2) is 0 Å². The van der Waals surface area contributed by atoms with E-state index in [4.69, 9.17) is 9.51 Å². The minimum atomic E-state index is -0.0349. The van der Waals surface area contributed by atoms with E-state index in [-0.39, 0.29) is 11.9 Å². The number of fused-ring (bicyclic) bond motifs is 1. The number of amides is 1. The maximum Gasteiger partial charge on any atom is 0.259 e. The molecule has 1 unspecified atom stereocenters. The zero-order valence-corrected chi connectivity index (χ0v) is 13.9. The summed E-state index contributed by atoms with van der Waals surface area (Å²) in [6.45, 7) is 4.32. The number of nitrogens with zero attached hydrogens (tertiary/aromatic N) is 3. The van der Waals surface area contributed by atoms with Crippen molar-refractivity contribution in [3.8, 4) is 0 Å². The van der Waals surface area contributed by atoms with E-state index in [1.165, 1.54) is 0 Å². The first-order valence-corrected chi connectivity index (χ1v) is 8.33. The Morgan fingerprint density at radius 3 is 2.88 bits per heavy atom. The van der Waals surface area contributed by atoms with Crippen LogP contribution in [-0.2, 0) is 0 Å². The molecule has 1 saturated heterocycles. The molecule has 1 aliphatic rings. The number of imidazole rings is 1. The number of rotatable bonds is 2. The lowest BCUT2D eigenvalue weighted by Crippen LogP contribution is -2.39. The predicted molar refractivity (Wildman–Crippen MR) is 89.7 cm³/mol. The Labute approximate surface area is 139 Å². The van der Waals surface area contributed by atoms with Gasteiger partial charge < -0.3 is 14.4 Å². The molecule has 0 bridgehead atoms. The number of carbonyl (C=O) groups excluding carboxylic acids is 1. The Bertz CT molecular complexity index is 843. The second-order valence-corrected chi connectivity index (χ2v) is 6.35. The van der Waals surface area contributed by atoms with Gasteiger partial charge in [0.2, 0.25) is 0 Å². The van der Waals surface area contributed by atoms with E-state index in [0.29, 0.717) is 17.0 Å². The summed E-state index contributed by atoms with van der Waals surface area (Å²) in [5.41, 5.74) is 3.16. The molecular weight excluding hydrogens is 304 g/mol. The molecule has 124 valence electrons. The topological polar surface area (TPSA) is 75.0 Å². The summed E-state index contributed by atoms with van der Waals surface area (Å²) in [4.78, 5) is 23.1. The van der Waals surface area contributed by atoms with Crippen LogP contribution in [-0.4, -0.2) is 32.5 Å². The van der Waals surface area contributed by atoms with Crippen molar-refractivity contribution < 1.29 is 9.32 Å². The molecule has 3 heterocycles. The number of nitrogens with one attached hydrogen (secondary N) is 1. The van der Waals surface area contributed by atoms with Crippen LogP contribution in [0.2, 0.25) is 0 Å². The average molecular weight is 324 g/mol. The van der Waals surface area contributed by atoms with E-state index >= 15 is 0 Å². The number of piperidine rings is 1. The summed E-state index contributed by atoms with van der Waals surface area (Å²) in [6.07, 6.45) is 3.01. The summed E-state index contributed by atoms with van der Waals surface area (Å²) in [6, 6.07) is 7.92. The van der Waals surface area contributed by atoms with E-state index in [1.54, 1.807) is 6.92 Å². The molecule has 0 aliphatic carbocycles. The van der Waals surface area contributed by atoms with Crippen LogP contribution in [0.4, 0.5) is 0 Å². The van der Waals surface area contributed by atoms with Crippen molar-refractivity contribution in [3.63, 3.8) is 0 Å². The summed E-state index contributed by atoms with van der Waals surface area (Å²) in [5.74, 6) is 1.42. The maximum absolute atomic E-state index is 13.1. The Morgan fingerprint density at radius 1 is 1.29 bits per heavy atom. The Hall–Kier alpha value is -2.63. The number of H-pyrrole nitrogens is 1. The Balaban J connectivity index is 1.71. The van der Waals surface area contributed by atoms with Crippen molar-refractivity contribution in [2.75, 3.05) is 6.54 Å². The van der Waals surface area contributed by atoms with Crippen molar-refractivity contribution >= 4 is 16.9 Å². The summed E-state index contributed by atoms with van der Waals surface area (Å²) >= 11 is 0. The molecule has 2 aromatic heterocycles. The number of para-hydroxylation sites is 2. The normalized spacial score (nSPS) is 18.2. The highest BCUT2D eigenvalue weighted by atomic mass is 16.5.